The molecule has 3 aromatic rings. The Morgan fingerprint density at radius 3 is 2.78 bits per heavy atom. The number of halogens is 1. The van der Waals surface area contributed by atoms with E-state index in [1.165, 1.54) is 17.0 Å². The molecule has 0 radical (unpaired) electrons. The van der Waals surface area contributed by atoms with Crippen molar-refractivity contribution in [1.29, 1.82) is 0 Å². The molecule has 1 fully saturated rings. The van der Waals surface area contributed by atoms with E-state index in [0.717, 1.165) is 48.4 Å². The maximum absolute atomic E-state index is 13.2. The van der Waals surface area contributed by atoms with E-state index in [-0.39, 0.29) is 17.4 Å². The zero-order valence-electron chi connectivity index (χ0n) is 14.7. The fraction of sp³-hybridized carbons (Fsp3) is 0.350. The van der Waals surface area contributed by atoms with Crippen LogP contribution in [0.15, 0.2) is 41.5 Å². The van der Waals surface area contributed by atoms with Gasteiger partial charge >= 0.3 is 0 Å². The third-order valence-electron chi connectivity index (χ3n) is 5.16. The first-order valence-corrected chi connectivity index (χ1v) is 10.1. The topological polar surface area (TPSA) is 59.8 Å². The van der Waals surface area contributed by atoms with Crippen molar-refractivity contribution in [2.75, 3.05) is 5.32 Å². The molecule has 1 N–H and O–H groups in total. The maximum Gasteiger partial charge on any atom is 0.293 e. The summed E-state index contributed by atoms with van der Waals surface area (Å²) in [7, 11) is 0. The number of hydrogen-bond donors (Lipinski definition) is 1. The second-order valence-electron chi connectivity index (χ2n) is 7.14. The van der Waals surface area contributed by atoms with E-state index in [4.69, 9.17) is 4.98 Å². The van der Waals surface area contributed by atoms with E-state index in [1.54, 1.807) is 40.4 Å². The fourth-order valence-electron chi connectivity index (χ4n) is 3.60. The highest BCUT2D eigenvalue weighted by molar-refractivity contribution is 7.15. The van der Waals surface area contributed by atoms with Crippen molar-refractivity contribution >= 4 is 17.2 Å². The Hall–Kier alpha value is -2.54. The Labute approximate surface area is 159 Å². The lowest BCUT2D eigenvalue weighted by atomic mass is 9.97. The molecule has 1 unspecified atom stereocenters. The minimum atomic E-state index is -0.248. The van der Waals surface area contributed by atoms with Crippen molar-refractivity contribution in [1.82, 2.24) is 14.5 Å². The molecule has 0 bridgehead atoms. The molecular weight excluding hydrogens is 363 g/mol. The van der Waals surface area contributed by atoms with Crippen molar-refractivity contribution in [3.63, 3.8) is 0 Å². The minimum Gasteiger partial charge on any atom is -0.357 e. The van der Waals surface area contributed by atoms with Crippen LogP contribution in [0.1, 0.15) is 48.3 Å². The molecular formula is C20H19FN4OS. The normalized spacial score (nSPS) is 18.9. The zero-order chi connectivity index (χ0) is 18.4. The van der Waals surface area contributed by atoms with E-state index in [2.05, 4.69) is 10.3 Å². The Kier molecular flexibility index (Phi) is 4.04. The first kappa shape index (κ1) is 16.6. The van der Waals surface area contributed by atoms with E-state index < -0.39 is 0 Å². The average Bonchev–Trinajstić information content (AvgIpc) is 3.42. The van der Waals surface area contributed by atoms with Gasteiger partial charge in [0.05, 0.1) is 11.7 Å². The predicted molar refractivity (Wildman–Crippen MR) is 104 cm³/mol. The van der Waals surface area contributed by atoms with Crippen LogP contribution in [-0.4, -0.2) is 14.5 Å². The molecule has 5 rings (SSSR count). The average molecular weight is 382 g/mol. The third kappa shape index (κ3) is 3.16. The number of thiazole rings is 1. The molecule has 0 amide bonds. The van der Waals surface area contributed by atoms with Crippen LogP contribution in [0, 0.1) is 5.82 Å². The minimum absolute atomic E-state index is 0.0190. The Morgan fingerprint density at radius 2 is 2.00 bits per heavy atom. The second kappa shape index (κ2) is 6.56. The van der Waals surface area contributed by atoms with Gasteiger partial charge < -0.3 is 9.88 Å². The summed E-state index contributed by atoms with van der Waals surface area (Å²) in [6, 6.07) is 6.74. The Morgan fingerprint density at radius 1 is 1.19 bits per heavy atom. The molecule has 2 aliphatic rings. The highest BCUT2D eigenvalue weighted by atomic mass is 32.1. The van der Waals surface area contributed by atoms with E-state index in [1.807, 2.05) is 0 Å². The van der Waals surface area contributed by atoms with Gasteiger partial charge in [-0.05, 0) is 56.4 Å². The maximum atomic E-state index is 13.2. The smallest absolute Gasteiger partial charge is 0.293 e. The zero-order valence-corrected chi connectivity index (χ0v) is 15.5. The van der Waals surface area contributed by atoms with E-state index >= 15 is 0 Å². The van der Waals surface area contributed by atoms with Crippen LogP contribution in [-0.2, 0) is 6.42 Å². The Bertz CT molecular complexity index is 1040. The molecule has 2 aromatic heterocycles. The van der Waals surface area contributed by atoms with Crippen LogP contribution in [0.3, 0.4) is 0 Å². The number of aromatic nitrogens is 3. The molecule has 0 spiro atoms. The van der Waals surface area contributed by atoms with Crippen molar-refractivity contribution in [3.05, 3.63) is 63.4 Å². The van der Waals surface area contributed by atoms with Crippen molar-refractivity contribution in [3.8, 4) is 10.6 Å². The van der Waals surface area contributed by atoms with Gasteiger partial charge in [0.2, 0.25) is 0 Å². The molecule has 7 heteroatoms. The van der Waals surface area contributed by atoms with Gasteiger partial charge in [-0.1, -0.05) is 0 Å². The van der Waals surface area contributed by atoms with Crippen molar-refractivity contribution in [2.24, 2.45) is 0 Å². The molecule has 1 saturated carbocycles. The van der Waals surface area contributed by atoms with E-state index in [9.17, 15) is 9.18 Å². The van der Waals surface area contributed by atoms with Crippen LogP contribution in [0.25, 0.3) is 10.6 Å². The van der Waals surface area contributed by atoms with Gasteiger partial charge in [0.1, 0.15) is 10.8 Å². The lowest BCUT2D eigenvalue weighted by Crippen LogP contribution is -2.27. The number of aryl methyl sites for hydroxylation is 1. The monoisotopic (exact) mass is 382 g/mol. The van der Waals surface area contributed by atoms with Gasteiger partial charge in [0.25, 0.3) is 5.56 Å². The van der Waals surface area contributed by atoms with Gasteiger partial charge in [-0.3, -0.25) is 4.79 Å². The summed E-state index contributed by atoms with van der Waals surface area (Å²) < 4.78 is 15.0. The van der Waals surface area contributed by atoms with Crippen molar-refractivity contribution < 1.29 is 4.39 Å². The highest BCUT2D eigenvalue weighted by Crippen LogP contribution is 2.38. The van der Waals surface area contributed by atoms with Crippen LogP contribution < -0.4 is 10.9 Å². The second-order valence-corrected chi connectivity index (χ2v) is 8.23. The van der Waals surface area contributed by atoms with Gasteiger partial charge in [-0.15, -0.1) is 11.3 Å². The molecule has 0 aliphatic heterocycles. The summed E-state index contributed by atoms with van der Waals surface area (Å²) in [5, 5.41) is 4.24. The number of nitrogens with one attached hydrogen (secondary N) is 1. The number of anilines is 1. The van der Waals surface area contributed by atoms with Crippen LogP contribution in [0.5, 0.6) is 0 Å². The van der Waals surface area contributed by atoms with Crippen LogP contribution >= 0.6 is 11.3 Å². The van der Waals surface area contributed by atoms with Gasteiger partial charge in [0.15, 0.2) is 5.82 Å². The summed E-state index contributed by atoms with van der Waals surface area (Å²) in [5.74, 6) is 0.153. The standard InChI is InChI=1S/C20H19FN4OS/c21-13-6-4-12(5-7-13)19-24-17-15(2-1-3-16(17)27-19)23-18-20(26)25(11-10-22-18)14-8-9-14/h4-7,10-11,14-15H,1-3,8-9H2,(H,22,23). The Balaban J connectivity index is 1.46. The number of fused-ring (bicyclic) bond motifs is 1. The third-order valence-corrected chi connectivity index (χ3v) is 6.34. The lowest BCUT2D eigenvalue weighted by Gasteiger charge is -2.22. The fourth-order valence-corrected chi connectivity index (χ4v) is 4.77. The number of nitrogens with zero attached hydrogens (tertiary/aromatic N) is 3. The van der Waals surface area contributed by atoms with Crippen LogP contribution in [0.2, 0.25) is 0 Å². The highest BCUT2D eigenvalue weighted by Gasteiger charge is 2.28. The lowest BCUT2D eigenvalue weighted by molar-refractivity contribution is 0.589. The molecule has 2 aliphatic carbocycles. The molecule has 2 heterocycles. The number of hydrogen-bond acceptors (Lipinski definition) is 5. The SMILES string of the molecule is O=c1c(NC2CCCc3sc(-c4ccc(F)cc4)nc32)nccn1C1CC1. The van der Waals surface area contributed by atoms with E-state index in [0.29, 0.717) is 11.9 Å². The first-order chi connectivity index (χ1) is 13.2. The first-order valence-electron chi connectivity index (χ1n) is 9.28. The van der Waals surface area contributed by atoms with Gasteiger partial charge in [-0.25, -0.2) is 14.4 Å². The summed E-state index contributed by atoms with van der Waals surface area (Å²) in [6.07, 6.45) is 8.52. The molecule has 1 atom stereocenters. The van der Waals surface area contributed by atoms with Crippen molar-refractivity contribution in [2.45, 2.75) is 44.2 Å². The summed E-state index contributed by atoms with van der Waals surface area (Å²) in [5.41, 5.74) is 1.86. The van der Waals surface area contributed by atoms with Crippen LogP contribution in [0.4, 0.5) is 10.2 Å². The molecule has 27 heavy (non-hydrogen) atoms. The molecule has 0 saturated heterocycles. The summed E-state index contributed by atoms with van der Waals surface area (Å²) in [6.45, 7) is 0. The quantitative estimate of drug-likeness (QED) is 0.730. The number of benzene rings is 1. The van der Waals surface area contributed by atoms with Gasteiger partial charge in [0, 0.05) is 28.9 Å². The summed E-state index contributed by atoms with van der Waals surface area (Å²) >= 11 is 1.65. The van der Waals surface area contributed by atoms with Gasteiger partial charge in [-0.2, -0.15) is 0 Å². The predicted octanol–water partition coefficient (Wildman–Crippen LogP) is 4.33. The summed E-state index contributed by atoms with van der Waals surface area (Å²) in [4.78, 5) is 23.0. The molecule has 138 valence electrons. The largest absolute Gasteiger partial charge is 0.357 e. The number of rotatable bonds is 4. The molecule has 5 nitrogen and oxygen atoms in total. The molecule has 1 aromatic carbocycles.